The molecular formula is C12H20N4OS. The highest BCUT2D eigenvalue weighted by Gasteiger charge is 2.16. The smallest absolute Gasteiger partial charge is 0.233 e. The zero-order valence-corrected chi connectivity index (χ0v) is 11.8. The van der Waals surface area contributed by atoms with E-state index in [0.29, 0.717) is 5.75 Å². The SMILES string of the molecule is Cc1cc(SCC(=O)N2CCCNCC2)n(C)n1. The topological polar surface area (TPSA) is 50.2 Å². The summed E-state index contributed by atoms with van der Waals surface area (Å²) in [5, 5.41) is 8.63. The van der Waals surface area contributed by atoms with Gasteiger partial charge in [0.15, 0.2) is 0 Å². The van der Waals surface area contributed by atoms with E-state index in [1.54, 1.807) is 11.8 Å². The van der Waals surface area contributed by atoms with Crippen LogP contribution in [-0.4, -0.2) is 52.5 Å². The molecule has 1 aromatic heterocycles. The number of hydrogen-bond donors (Lipinski definition) is 1. The van der Waals surface area contributed by atoms with E-state index in [-0.39, 0.29) is 5.91 Å². The van der Waals surface area contributed by atoms with Gasteiger partial charge in [0.05, 0.1) is 16.5 Å². The molecule has 1 saturated heterocycles. The van der Waals surface area contributed by atoms with Gasteiger partial charge < -0.3 is 10.2 Å². The van der Waals surface area contributed by atoms with Gasteiger partial charge in [0, 0.05) is 26.7 Å². The second kappa shape index (κ2) is 6.24. The highest BCUT2D eigenvalue weighted by atomic mass is 32.2. The molecule has 1 aliphatic rings. The van der Waals surface area contributed by atoms with E-state index >= 15 is 0 Å². The normalized spacial score (nSPS) is 16.7. The van der Waals surface area contributed by atoms with Crippen LogP contribution in [0.15, 0.2) is 11.1 Å². The number of aromatic nitrogens is 2. The quantitative estimate of drug-likeness (QED) is 0.818. The van der Waals surface area contributed by atoms with E-state index in [4.69, 9.17) is 0 Å². The number of aryl methyl sites for hydroxylation is 2. The number of nitrogens with one attached hydrogen (secondary N) is 1. The highest BCUT2D eigenvalue weighted by Crippen LogP contribution is 2.18. The maximum absolute atomic E-state index is 12.1. The molecule has 1 amide bonds. The minimum absolute atomic E-state index is 0.225. The molecule has 2 rings (SSSR count). The summed E-state index contributed by atoms with van der Waals surface area (Å²) in [4.78, 5) is 14.0. The van der Waals surface area contributed by atoms with E-state index in [9.17, 15) is 4.79 Å². The molecule has 0 unspecified atom stereocenters. The highest BCUT2D eigenvalue weighted by molar-refractivity contribution is 7.99. The van der Waals surface area contributed by atoms with Gasteiger partial charge in [-0.25, -0.2) is 0 Å². The first-order valence-electron chi connectivity index (χ1n) is 6.29. The summed E-state index contributed by atoms with van der Waals surface area (Å²) < 4.78 is 1.83. The maximum atomic E-state index is 12.1. The molecular weight excluding hydrogens is 248 g/mol. The van der Waals surface area contributed by atoms with Crippen molar-refractivity contribution >= 4 is 17.7 Å². The number of rotatable bonds is 3. The standard InChI is InChI=1S/C12H20N4OS/c1-10-8-12(15(2)14-10)18-9-11(17)16-6-3-4-13-5-7-16/h8,13H,3-7,9H2,1-2H3. The number of thioether (sulfide) groups is 1. The molecule has 1 fully saturated rings. The van der Waals surface area contributed by atoms with Gasteiger partial charge in [0.25, 0.3) is 0 Å². The van der Waals surface area contributed by atoms with Crippen LogP contribution in [0.4, 0.5) is 0 Å². The summed E-state index contributed by atoms with van der Waals surface area (Å²) >= 11 is 1.57. The molecule has 0 aliphatic carbocycles. The average molecular weight is 268 g/mol. The maximum Gasteiger partial charge on any atom is 0.233 e. The van der Waals surface area contributed by atoms with Crippen molar-refractivity contribution in [1.29, 1.82) is 0 Å². The van der Waals surface area contributed by atoms with Gasteiger partial charge in [0.2, 0.25) is 5.91 Å². The van der Waals surface area contributed by atoms with E-state index < -0.39 is 0 Å². The van der Waals surface area contributed by atoms with Crippen molar-refractivity contribution in [1.82, 2.24) is 20.0 Å². The van der Waals surface area contributed by atoms with Gasteiger partial charge in [-0.3, -0.25) is 9.48 Å². The molecule has 0 radical (unpaired) electrons. The fourth-order valence-corrected chi connectivity index (χ4v) is 2.98. The lowest BCUT2D eigenvalue weighted by Gasteiger charge is -2.19. The van der Waals surface area contributed by atoms with Crippen molar-refractivity contribution in [3.8, 4) is 0 Å². The summed E-state index contributed by atoms with van der Waals surface area (Å²) in [6, 6.07) is 2.02. The van der Waals surface area contributed by atoms with Gasteiger partial charge >= 0.3 is 0 Å². The Morgan fingerprint density at radius 3 is 3.06 bits per heavy atom. The Hall–Kier alpha value is -1.01. The van der Waals surface area contributed by atoms with E-state index in [2.05, 4.69) is 10.4 Å². The van der Waals surface area contributed by atoms with Crippen LogP contribution in [0.5, 0.6) is 0 Å². The summed E-state index contributed by atoms with van der Waals surface area (Å²) in [5.41, 5.74) is 0.992. The second-order valence-corrected chi connectivity index (χ2v) is 5.52. The zero-order chi connectivity index (χ0) is 13.0. The van der Waals surface area contributed by atoms with Crippen molar-refractivity contribution in [3.63, 3.8) is 0 Å². The molecule has 6 heteroatoms. The Bertz CT molecular complexity index is 410. The second-order valence-electron chi connectivity index (χ2n) is 4.52. The van der Waals surface area contributed by atoms with Crippen LogP contribution < -0.4 is 5.32 Å². The first-order chi connectivity index (χ1) is 8.66. The first-order valence-corrected chi connectivity index (χ1v) is 7.27. The number of carbonyl (C=O) groups excluding carboxylic acids is 1. The third-order valence-electron chi connectivity index (χ3n) is 3.00. The minimum atomic E-state index is 0.225. The first kappa shape index (κ1) is 13.4. The molecule has 0 bridgehead atoms. The van der Waals surface area contributed by atoms with E-state index in [0.717, 1.165) is 43.3 Å². The van der Waals surface area contributed by atoms with Crippen LogP contribution >= 0.6 is 11.8 Å². The van der Waals surface area contributed by atoms with Crippen LogP contribution in [0.3, 0.4) is 0 Å². The van der Waals surface area contributed by atoms with Crippen LogP contribution in [0.2, 0.25) is 0 Å². The molecule has 1 aliphatic heterocycles. The Balaban J connectivity index is 1.85. The largest absolute Gasteiger partial charge is 0.341 e. The van der Waals surface area contributed by atoms with Crippen LogP contribution in [0, 0.1) is 6.92 Å². The van der Waals surface area contributed by atoms with Gasteiger partial charge in [-0.05, 0) is 26.0 Å². The lowest BCUT2D eigenvalue weighted by molar-refractivity contribution is -0.128. The molecule has 1 aromatic rings. The van der Waals surface area contributed by atoms with Gasteiger partial charge in [-0.1, -0.05) is 11.8 Å². The summed E-state index contributed by atoms with van der Waals surface area (Å²) in [6.45, 7) is 5.58. The molecule has 1 N–H and O–H groups in total. The third-order valence-corrected chi connectivity index (χ3v) is 4.06. The zero-order valence-electron chi connectivity index (χ0n) is 11.0. The molecule has 2 heterocycles. The van der Waals surface area contributed by atoms with Crippen molar-refractivity contribution < 1.29 is 4.79 Å². The summed E-state index contributed by atoms with van der Waals surface area (Å²) in [6.07, 6.45) is 1.04. The third kappa shape index (κ3) is 3.49. The predicted octanol–water partition coefficient (Wildman–Crippen LogP) is 0.643. The number of nitrogens with zero attached hydrogens (tertiary/aromatic N) is 3. The Labute approximate surface area is 112 Å². The van der Waals surface area contributed by atoms with Crippen LogP contribution in [0.25, 0.3) is 0 Å². The predicted molar refractivity (Wildman–Crippen MR) is 72.7 cm³/mol. The lowest BCUT2D eigenvalue weighted by atomic mass is 10.4. The number of amides is 1. The van der Waals surface area contributed by atoms with Crippen LogP contribution in [-0.2, 0) is 11.8 Å². The fourth-order valence-electron chi connectivity index (χ4n) is 2.04. The Morgan fingerprint density at radius 1 is 1.50 bits per heavy atom. The van der Waals surface area contributed by atoms with E-state index in [1.807, 2.05) is 29.6 Å². The number of hydrogen-bond acceptors (Lipinski definition) is 4. The van der Waals surface area contributed by atoms with Crippen LogP contribution in [0.1, 0.15) is 12.1 Å². The van der Waals surface area contributed by atoms with Crippen molar-refractivity contribution in [2.45, 2.75) is 18.4 Å². The van der Waals surface area contributed by atoms with E-state index in [1.165, 1.54) is 0 Å². The molecule has 0 atom stereocenters. The molecule has 18 heavy (non-hydrogen) atoms. The Morgan fingerprint density at radius 2 is 2.33 bits per heavy atom. The summed E-state index contributed by atoms with van der Waals surface area (Å²) in [5.74, 6) is 0.724. The molecule has 0 saturated carbocycles. The monoisotopic (exact) mass is 268 g/mol. The minimum Gasteiger partial charge on any atom is -0.341 e. The van der Waals surface area contributed by atoms with Crippen molar-refractivity contribution in [3.05, 3.63) is 11.8 Å². The molecule has 5 nitrogen and oxygen atoms in total. The molecule has 100 valence electrons. The van der Waals surface area contributed by atoms with Crippen molar-refractivity contribution in [2.75, 3.05) is 31.9 Å². The van der Waals surface area contributed by atoms with Gasteiger partial charge in [-0.2, -0.15) is 5.10 Å². The Kier molecular flexibility index (Phi) is 4.66. The van der Waals surface area contributed by atoms with Crippen molar-refractivity contribution in [2.24, 2.45) is 7.05 Å². The molecule has 0 aromatic carbocycles. The van der Waals surface area contributed by atoms with Gasteiger partial charge in [-0.15, -0.1) is 0 Å². The fraction of sp³-hybridized carbons (Fsp3) is 0.667. The average Bonchev–Trinajstić information content (AvgIpc) is 2.59. The summed E-state index contributed by atoms with van der Waals surface area (Å²) in [7, 11) is 1.91. The molecule has 0 spiro atoms. The number of carbonyl (C=O) groups is 1. The lowest BCUT2D eigenvalue weighted by Crippen LogP contribution is -2.35. The van der Waals surface area contributed by atoms with Gasteiger partial charge in [0.1, 0.15) is 0 Å².